The fraction of sp³-hybridized carbons (Fsp3) is 0.250. The predicted octanol–water partition coefficient (Wildman–Crippen LogP) is 4.20. The van der Waals surface area contributed by atoms with E-state index < -0.39 is 0 Å². The van der Waals surface area contributed by atoms with Crippen LogP contribution in [0, 0.1) is 0 Å². The SMILES string of the molecule is CC(C)N1C(=O)c2ccc(C(=O)N3CCc4noc(-c5ccc(Cl)cc5)c4C3)cc2C1=O. The lowest BCUT2D eigenvalue weighted by Crippen LogP contribution is -2.36. The minimum atomic E-state index is -0.361. The fourth-order valence-electron chi connectivity index (χ4n) is 4.26. The molecule has 1 aromatic heterocycles. The third kappa shape index (κ3) is 3.20. The van der Waals surface area contributed by atoms with Crippen molar-refractivity contribution in [1.82, 2.24) is 15.0 Å². The summed E-state index contributed by atoms with van der Waals surface area (Å²) in [6.07, 6.45) is 0.571. The van der Waals surface area contributed by atoms with E-state index in [1.807, 2.05) is 12.1 Å². The number of nitrogens with zero attached hydrogens (tertiary/aromatic N) is 3. The molecule has 3 heterocycles. The van der Waals surface area contributed by atoms with E-state index >= 15 is 0 Å². The molecule has 0 bridgehead atoms. The molecule has 7 nitrogen and oxygen atoms in total. The summed E-state index contributed by atoms with van der Waals surface area (Å²) in [5.41, 5.74) is 3.53. The van der Waals surface area contributed by atoms with E-state index in [0.717, 1.165) is 16.8 Å². The standard InChI is InChI=1S/C24H20ClN3O4/c1-13(2)28-23(30)17-8-5-15(11-18(17)24(28)31)22(29)27-10-9-20-19(12-27)21(32-26-20)14-3-6-16(25)7-4-14/h3-8,11,13H,9-10,12H2,1-2H3. The third-order valence-corrected chi connectivity index (χ3v) is 6.16. The van der Waals surface area contributed by atoms with Gasteiger partial charge in [0.2, 0.25) is 0 Å². The van der Waals surface area contributed by atoms with Crippen molar-refractivity contribution in [1.29, 1.82) is 0 Å². The highest BCUT2D eigenvalue weighted by Gasteiger charge is 2.38. The lowest BCUT2D eigenvalue weighted by molar-refractivity contribution is 0.0608. The average molecular weight is 450 g/mol. The lowest BCUT2D eigenvalue weighted by atomic mass is 10.00. The van der Waals surface area contributed by atoms with Gasteiger partial charge in [-0.05, 0) is 56.3 Å². The summed E-state index contributed by atoms with van der Waals surface area (Å²) in [6.45, 7) is 4.41. The van der Waals surface area contributed by atoms with Gasteiger partial charge in [0.25, 0.3) is 17.7 Å². The molecule has 2 aromatic carbocycles. The molecule has 3 aromatic rings. The number of imide groups is 1. The summed E-state index contributed by atoms with van der Waals surface area (Å²) < 4.78 is 5.58. The number of rotatable bonds is 3. The van der Waals surface area contributed by atoms with Crippen LogP contribution in [0.2, 0.25) is 5.02 Å². The van der Waals surface area contributed by atoms with Crippen molar-refractivity contribution >= 4 is 29.3 Å². The molecule has 0 fully saturated rings. The maximum Gasteiger partial charge on any atom is 0.261 e. The number of benzene rings is 2. The van der Waals surface area contributed by atoms with Crippen LogP contribution in [0.25, 0.3) is 11.3 Å². The highest BCUT2D eigenvalue weighted by atomic mass is 35.5. The van der Waals surface area contributed by atoms with E-state index in [1.54, 1.807) is 43.0 Å². The number of aromatic nitrogens is 1. The predicted molar refractivity (Wildman–Crippen MR) is 117 cm³/mol. The maximum absolute atomic E-state index is 13.3. The van der Waals surface area contributed by atoms with Gasteiger partial charge in [-0.3, -0.25) is 19.3 Å². The van der Waals surface area contributed by atoms with Crippen LogP contribution >= 0.6 is 11.6 Å². The number of carbonyl (C=O) groups excluding carboxylic acids is 3. The smallest absolute Gasteiger partial charge is 0.261 e. The Balaban J connectivity index is 1.42. The number of hydrogen-bond donors (Lipinski definition) is 0. The Morgan fingerprint density at radius 1 is 1.06 bits per heavy atom. The van der Waals surface area contributed by atoms with E-state index in [0.29, 0.717) is 41.4 Å². The van der Waals surface area contributed by atoms with Crippen LogP contribution in [-0.2, 0) is 13.0 Å². The molecule has 2 aliphatic rings. The third-order valence-electron chi connectivity index (χ3n) is 5.91. The first-order chi connectivity index (χ1) is 15.3. The van der Waals surface area contributed by atoms with Gasteiger partial charge in [-0.15, -0.1) is 0 Å². The van der Waals surface area contributed by atoms with Gasteiger partial charge < -0.3 is 9.42 Å². The minimum Gasteiger partial charge on any atom is -0.356 e. The molecule has 2 aliphatic heterocycles. The second kappa shape index (κ2) is 7.60. The molecule has 0 saturated heterocycles. The highest BCUT2D eigenvalue weighted by Crippen LogP contribution is 2.32. The van der Waals surface area contributed by atoms with Crippen LogP contribution in [0.4, 0.5) is 0 Å². The minimum absolute atomic E-state index is 0.204. The van der Waals surface area contributed by atoms with Crippen LogP contribution < -0.4 is 0 Å². The Morgan fingerprint density at radius 3 is 2.50 bits per heavy atom. The van der Waals surface area contributed by atoms with Crippen LogP contribution in [-0.4, -0.2) is 45.3 Å². The second-order valence-electron chi connectivity index (χ2n) is 8.25. The Labute approximate surface area is 189 Å². The molecule has 0 spiro atoms. The molecular weight excluding hydrogens is 430 g/mol. The van der Waals surface area contributed by atoms with Gasteiger partial charge in [0, 0.05) is 40.7 Å². The molecule has 162 valence electrons. The zero-order valence-corrected chi connectivity index (χ0v) is 18.3. The van der Waals surface area contributed by atoms with Gasteiger partial charge in [-0.2, -0.15) is 0 Å². The van der Waals surface area contributed by atoms with Crippen LogP contribution in [0.1, 0.15) is 56.2 Å². The molecule has 0 atom stereocenters. The number of amides is 3. The van der Waals surface area contributed by atoms with Crippen molar-refractivity contribution in [2.45, 2.75) is 32.9 Å². The van der Waals surface area contributed by atoms with Crippen LogP contribution in [0.5, 0.6) is 0 Å². The molecule has 0 N–H and O–H groups in total. The van der Waals surface area contributed by atoms with E-state index in [4.69, 9.17) is 16.1 Å². The van der Waals surface area contributed by atoms with Gasteiger partial charge in [0.1, 0.15) is 0 Å². The highest BCUT2D eigenvalue weighted by molar-refractivity contribution is 6.30. The summed E-state index contributed by atoms with van der Waals surface area (Å²) in [5, 5.41) is 4.80. The van der Waals surface area contributed by atoms with E-state index in [9.17, 15) is 14.4 Å². The molecule has 5 rings (SSSR count). The van der Waals surface area contributed by atoms with Gasteiger partial charge in [-0.25, -0.2) is 0 Å². The van der Waals surface area contributed by atoms with Crippen molar-refractivity contribution in [2.24, 2.45) is 0 Å². The molecule has 32 heavy (non-hydrogen) atoms. The van der Waals surface area contributed by atoms with Crippen molar-refractivity contribution < 1.29 is 18.9 Å². The molecular formula is C24H20ClN3O4. The number of carbonyl (C=O) groups is 3. The zero-order valence-electron chi connectivity index (χ0n) is 17.6. The van der Waals surface area contributed by atoms with E-state index in [1.165, 1.54) is 11.0 Å². The van der Waals surface area contributed by atoms with Crippen LogP contribution in [0.3, 0.4) is 0 Å². The zero-order chi connectivity index (χ0) is 22.6. The van der Waals surface area contributed by atoms with Gasteiger partial charge in [-0.1, -0.05) is 16.8 Å². The normalized spacial score (nSPS) is 15.4. The molecule has 8 heteroatoms. The van der Waals surface area contributed by atoms with E-state index in [2.05, 4.69) is 5.16 Å². The first kappa shape index (κ1) is 20.5. The summed E-state index contributed by atoms with van der Waals surface area (Å²) in [7, 11) is 0. The summed E-state index contributed by atoms with van der Waals surface area (Å²) in [5.74, 6) is -0.264. The molecule has 0 unspecified atom stereocenters. The molecule has 0 aliphatic carbocycles. The van der Waals surface area contributed by atoms with Crippen molar-refractivity contribution in [2.75, 3.05) is 6.54 Å². The first-order valence-corrected chi connectivity index (χ1v) is 10.8. The summed E-state index contributed by atoms with van der Waals surface area (Å²) in [4.78, 5) is 41.4. The Hall–Kier alpha value is -3.45. The van der Waals surface area contributed by atoms with Crippen molar-refractivity contribution in [3.05, 3.63) is 75.4 Å². The molecule has 3 amide bonds. The van der Waals surface area contributed by atoms with E-state index in [-0.39, 0.29) is 29.3 Å². The number of hydrogen-bond acceptors (Lipinski definition) is 5. The van der Waals surface area contributed by atoms with Gasteiger partial charge >= 0.3 is 0 Å². The van der Waals surface area contributed by atoms with Gasteiger partial charge in [0.05, 0.1) is 23.4 Å². The largest absolute Gasteiger partial charge is 0.356 e. The maximum atomic E-state index is 13.3. The quantitative estimate of drug-likeness (QED) is 0.559. The summed E-state index contributed by atoms with van der Waals surface area (Å²) in [6, 6.07) is 11.7. The fourth-order valence-corrected chi connectivity index (χ4v) is 4.38. The van der Waals surface area contributed by atoms with Gasteiger partial charge in [0.15, 0.2) is 5.76 Å². The number of fused-ring (bicyclic) bond motifs is 2. The monoisotopic (exact) mass is 449 g/mol. The molecule has 0 radical (unpaired) electrons. The topological polar surface area (TPSA) is 83.7 Å². The Kier molecular flexibility index (Phi) is 4.86. The molecule has 0 saturated carbocycles. The first-order valence-electron chi connectivity index (χ1n) is 10.4. The van der Waals surface area contributed by atoms with Crippen molar-refractivity contribution in [3.8, 4) is 11.3 Å². The Bertz CT molecular complexity index is 1260. The lowest BCUT2D eigenvalue weighted by Gasteiger charge is -2.26. The second-order valence-corrected chi connectivity index (χ2v) is 8.69. The average Bonchev–Trinajstić information content (AvgIpc) is 3.32. The Morgan fingerprint density at radius 2 is 1.78 bits per heavy atom. The van der Waals surface area contributed by atoms with Crippen LogP contribution in [0.15, 0.2) is 47.0 Å². The summed E-state index contributed by atoms with van der Waals surface area (Å²) >= 11 is 5.99. The van der Waals surface area contributed by atoms with Crippen molar-refractivity contribution in [3.63, 3.8) is 0 Å². The number of halogens is 1.